The molecule has 0 bridgehead atoms. The molecule has 0 aliphatic heterocycles. The molecule has 0 fully saturated rings. The summed E-state index contributed by atoms with van der Waals surface area (Å²) in [6.45, 7) is 3.89. The molecule has 2 unspecified atom stereocenters. The third-order valence-electron chi connectivity index (χ3n) is 3.12. The van der Waals surface area contributed by atoms with Gasteiger partial charge in [-0.3, -0.25) is 0 Å². The number of nitrogens with two attached hydrogens (primary N) is 1. The molecule has 0 aromatic heterocycles. The van der Waals surface area contributed by atoms with Gasteiger partial charge in [0.05, 0.1) is 4.47 Å². The van der Waals surface area contributed by atoms with E-state index in [1.807, 2.05) is 38.1 Å². The first-order valence-corrected chi connectivity index (χ1v) is 7.21. The van der Waals surface area contributed by atoms with Gasteiger partial charge in [-0.25, -0.2) is 4.39 Å². The van der Waals surface area contributed by atoms with Crippen molar-refractivity contribution in [2.24, 2.45) is 5.73 Å². The van der Waals surface area contributed by atoms with Crippen LogP contribution in [0, 0.1) is 12.7 Å². The largest absolute Gasteiger partial charge is 0.483 e. The molecule has 20 heavy (non-hydrogen) atoms. The molecule has 2 nitrogen and oxygen atoms in total. The number of ether oxygens (including phenoxy) is 1. The smallest absolute Gasteiger partial charge is 0.139 e. The fraction of sp³-hybridized carbons (Fsp3) is 0.250. The highest BCUT2D eigenvalue weighted by Gasteiger charge is 2.21. The minimum atomic E-state index is -0.337. The van der Waals surface area contributed by atoms with Gasteiger partial charge in [-0.2, -0.15) is 0 Å². The van der Waals surface area contributed by atoms with Crippen molar-refractivity contribution in [3.63, 3.8) is 0 Å². The van der Waals surface area contributed by atoms with Crippen LogP contribution in [0.4, 0.5) is 4.39 Å². The molecule has 0 saturated carbocycles. The molecular formula is C16H17BrFNO. The zero-order valence-corrected chi connectivity index (χ0v) is 13.0. The summed E-state index contributed by atoms with van der Waals surface area (Å²) >= 11 is 3.37. The van der Waals surface area contributed by atoms with Crippen LogP contribution in [0.5, 0.6) is 5.75 Å². The number of halogens is 2. The van der Waals surface area contributed by atoms with Crippen molar-refractivity contribution >= 4 is 15.9 Å². The van der Waals surface area contributed by atoms with Crippen LogP contribution in [0.2, 0.25) is 0 Å². The lowest BCUT2D eigenvalue weighted by atomic mass is 9.99. The average Bonchev–Trinajstić information content (AvgIpc) is 2.40. The van der Waals surface area contributed by atoms with Crippen LogP contribution < -0.4 is 10.5 Å². The quantitative estimate of drug-likeness (QED) is 0.899. The molecule has 106 valence electrons. The van der Waals surface area contributed by atoms with Gasteiger partial charge in [-0.1, -0.05) is 24.3 Å². The molecule has 2 aromatic rings. The Labute approximate surface area is 126 Å². The maximum atomic E-state index is 13.3. The average molecular weight is 338 g/mol. The van der Waals surface area contributed by atoms with Crippen LogP contribution >= 0.6 is 15.9 Å². The summed E-state index contributed by atoms with van der Waals surface area (Å²) < 4.78 is 20.0. The van der Waals surface area contributed by atoms with Gasteiger partial charge in [-0.15, -0.1) is 0 Å². The van der Waals surface area contributed by atoms with Gasteiger partial charge in [0.1, 0.15) is 17.7 Å². The number of hydrogen-bond donors (Lipinski definition) is 1. The highest BCUT2D eigenvalue weighted by Crippen LogP contribution is 2.32. The molecule has 0 spiro atoms. The molecule has 0 heterocycles. The Morgan fingerprint density at radius 1 is 1.20 bits per heavy atom. The number of aryl methyl sites for hydroxylation is 1. The van der Waals surface area contributed by atoms with E-state index in [0.29, 0.717) is 10.2 Å². The van der Waals surface area contributed by atoms with Gasteiger partial charge in [0, 0.05) is 12.1 Å². The zero-order chi connectivity index (χ0) is 14.7. The van der Waals surface area contributed by atoms with Gasteiger partial charge in [0.2, 0.25) is 0 Å². The van der Waals surface area contributed by atoms with E-state index in [1.54, 1.807) is 6.07 Å². The predicted molar refractivity (Wildman–Crippen MR) is 82.3 cm³/mol. The Bertz CT molecular complexity index is 601. The van der Waals surface area contributed by atoms with Crippen LogP contribution in [-0.2, 0) is 0 Å². The predicted octanol–water partition coefficient (Wildman–Crippen LogP) is 4.36. The molecule has 0 aliphatic rings. The molecule has 2 aromatic carbocycles. The van der Waals surface area contributed by atoms with E-state index in [1.165, 1.54) is 12.1 Å². The van der Waals surface area contributed by atoms with Gasteiger partial charge < -0.3 is 10.5 Å². The van der Waals surface area contributed by atoms with Crippen LogP contribution in [-0.4, -0.2) is 6.04 Å². The van der Waals surface area contributed by atoms with E-state index >= 15 is 0 Å². The van der Waals surface area contributed by atoms with Gasteiger partial charge in [0.15, 0.2) is 0 Å². The van der Waals surface area contributed by atoms with Gasteiger partial charge in [0.25, 0.3) is 0 Å². The molecule has 0 radical (unpaired) electrons. The lowest BCUT2D eigenvalue weighted by Crippen LogP contribution is -2.29. The van der Waals surface area contributed by atoms with E-state index in [9.17, 15) is 4.39 Å². The van der Waals surface area contributed by atoms with Crippen molar-refractivity contribution < 1.29 is 9.13 Å². The fourth-order valence-electron chi connectivity index (χ4n) is 2.06. The molecule has 0 amide bonds. The molecule has 2 rings (SSSR count). The highest BCUT2D eigenvalue weighted by atomic mass is 79.9. The SMILES string of the molecule is Cc1ccccc1C(Oc1cc(F)ccc1Br)C(C)N. The summed E-state index contributed by atoms with van der Waals surface area (Å²) in [6, 6.07) is 12.1. The fourth-order valence-corrected chi connectivity index (χ4v) is 2.40. The summed E-state index contributed by atoms with van der Waals surface area (Å²) in [6.07, 6.45) is -0.325. The van der Waals surface area contributed by atoms with Crippen LogP contribution in [0.1, 0.15) is 24.2 Å². The lowest BCUT2D eigenvalue weighted by Gasteiger charge is -2.25. The minimum Gasteiger partial charge on any atom is -0.483 e. The normalized spacial score (nSPS) is 13.8. The van der Waals surface area contributed by atoms with Crippen molar-refractivity contribution in [3.8, 4) is 5.75 Å². The van der Waals surface area contributed by atoms with Gasteiger partial charge >= 0.3 is 0 Å². The Hall–Kier alpha value is -1.39. The molecule has 0 aliphatic carbocycles. The Balaban J connectivity index is 2.36. The van der Waals surface area contributed by atoms with Crippen molar-refractivity contribution in [2.75, 3.05) is 0 Å². The Kier molecular flexibility index (Phi) is 4.78. The molecule has 0 saturated heterocycles. The van der Waals surface area contributed by atoms with Crippen LogP contribution in [0.3, 0.4) is 0 Å². The monoisotopic (exact) mass is 337 g/mol. The van der Waals surface area contributed by atoms with Gasteiger partial charge in [-0.05, 0) is 53.0 Å². The van der Waals surface area contributed by atoms with E-state index in [2.05, 4.69) is 15.9 Å². The van der Waals surface area contributed by atoms with Crippen molar-refractivity contribution in [1.29, 1.82) is 0 Å². The molecule has 4 heteroatoms. The second-order valence-electron chi connectivity index (χ2n) is 4.83. The van der Waals surface area contributed by atoms with Crippen LogP contribution in [0.15, 0.2) is 46.9 Å². The topological polar surface area (TPSA) is 35.2 Å². The second-order valence-corrected chi connectivity index (χ2v) is 5.68. The first kappa shape index (κ1) is 15.0. The third-order valence-corrected chi connectivity index (χ3v) is 3.77. The minimum absolute atomic E-state index is 0.216. The summed E-state index contributed by atoms with van der Waals surface area (Å²) in [4.78, 5) is 0. The highest BCUT2D eigenvalue weighted by molar-refractivity contribution is 9.10. The standard InChI is InChI=1S/C16H17BrFNO/c1-10-5-3-4-6-13(10)16(11(2)19)20-15-9-12(18)7-8-14(15)17/h3-9,11,16H,19H2,1-2H3. The molecular weight excluding hydrogens is 321 g/mol. The van der Waals surface area contributed by atoms with E-state index < -0.39 is 0 Å². The molecule has 2 N–H and O–H groups in total. The summed E-state index contributed by atoms with van der Waals surface area (Å²) in [5.41, 5.74) is 8.15. The zero-order valence-electron chi connectivity index (χ0n) is 11.4. The molecule has 2 atom stereocenters. The second kappa shape index (κ2) is 6.37. The Morgan fingerprint density at radius 3 is 2.55 bits per heavy atom. The van der Waals surface area contributed by atoms with Crippen molar-refractivity contribution in [2.45, 2.75) is 26.0 Å². The first-order chi connectivity index (χ1) is 9.49. The first-order valence-electron chi connectivity index (χ1n) is 6.42. The maximum Gasteiger partial charge on any atom is 0.139 e. The Morgan fingerprint density at radius 2 is 1.90 bits per heavy atom. The third kappa shape index (κ3) is 3.38. The van der Waals surface area contributed by atoms with Crippen molar-refractivity contribution in [3.05, 3.63) is 63.9 Å². The number of benzene rings is 2. The summed E-state index contributed by atoms with van der Waals surface area (Å²) in [7, 11) is 0. The van der Waals surface area contributed by atoms with E-state index in [0.717, 1.165) is 11.1 Å². The van der Waals surface area contributed by atoms with E-state index in [4.69, 9.17) is 10.5 Å². The number of rotatable bonds is 4. The van der Waals surface area contributed by atoms with Crippen molar-refractivity contribution in [1.82, 2.24) is 0 Å². The summed E-state index contributed by atoms with van der Waals surface area (Å²) in [5.74, 6) is 0.118. The lowest BCUT2D eigenvalue weighted by molar-refractivity contribution is 0.178. The maximum absolute atomic E-state index is 13.3. The van der Waals surface area contributed by atoms with Crippen LogP contribution in [0.25, 0.3) is 0 Å². The number of hydrogen-bond acceptors (Lipinski definition) is 2. The summed E-state index contributed by atoms with van der Waals surface area (Å²) in [5, 5.41) is 0. The van der Waals surface area contributed by atoms with E-state index in [-0.39, 0.29) is 18.0 Å².